The molecule has 1 atom stereocenters. The van der Waals surface area contributed by atoms with Gasteiger partial charge in [-0.25, -0.2) is 9.18 Å². The Bertz CT molecular complexity index is 1090. The fourth-order valence-electron chi connectivity index (χ4n) is 5.03. The highest BCUT2D eigenvalue weighted by molar-refractivity contribution is 6.07. The number of carbonyl (C=O) groups is 3. The third-order valence-corrected chi connectivity index (χ3v) is 6.99. The number of piperidine rings is 1. The number of imide groups is 1. The van der Waals surface area contributed by atoms with E-state index in [-0.39, 0.29) is 43.1 Å². The lowest BCUT2D eigenvalue weighted by Gasteiger charge is -2.41. The van der Waals surface area contributed by atoms with Crippen molar-refractivity contribution >= 4 is 17.8 Å². The third kappa shape index (κ3) is 5.67. The summed E-state index contributed by atoms with van der Waals surface area (Å²) in [6.07, 6.45) is 1.28. The standard InChI is InChI=1S/C27H33FN4O4/c1-30(2)15-16-32-25(34)27(29-26(32)35,18-20-7-6-8-22(28)17-20)21-11-13-31(14-12-21)24(33)19-36-23-9-4-3-5-10-23/h3-10,17,21H,11-16,18-19H2,1-2H3,(H,29,35). The fourth-order valence-corrected chi connectivity index (χ4v) is 5.03. The summed E-state index contributed by atoms with van der Waals surface area (Å²) in [6, 6.07) is 14.9. The fraction of sp³-hybridized carbons (Fsp3) is 0.444. The highest BCUT2D eigenvalue weighted by Gasteiger charge is 2.55. The number of amides is 4. The van der Waals surface area contributed by atoms with Crippen LogP contribution in [0, 0.1) is 11.7 Å². The molecule has 9 heteroatoms. The molecular weight excluding hydrogens is 463 g/mol. The molecule has 8 nitrogen and oxygen atoms in total. The zero-order valence-corrected chi connectivity index (χ0v) is 20.8. The largest absolute Gasteiger partial charge is 0.484 e. The van der Waals surface area contributed by atoms with Crippen molar-refractivity contribution in [1.82, 2.24) is 20.0 Å². The maximum absolute atomic E-state index is 14.0. The van der Waals surface area contributed by atoms with Crippen LogP contribution in [0.5, 0.6) is 5.75 Å². The van der Waals surface area contributed by atoms with Gasteiger partial charge in [-0.2, -0.15) is 0 Å². The van der Waals surface area contributed by atoms with Gasteiger partial charge in [0.15, 0.2) is 6.61 Å². The van der Waals surface area contributed by atoms with Crippen molar-refractivity contribution in [3.8, 4) is 5.75 Å². The molecule has 2 aliphatic rings. The number of nitrogens with one attached hydrogen (secondary N) is 1. The lowest BCUT2D eigenvalue weighted by atomic mass is 9.74. The summed E-state index contributed by atoms with van der Waals surface area (Å²) in [5, 5.41) is 2.99. The lowest BCUT2D eigenvalue weighted by molar-refractivity contribution is -0.137. The summed E-state index contributed by atoms with van der Waals surface area (Å²) in [7, 11) is 3.76. The van der Waals surface area contributed by atoms with Crippen molar-refractivity contribution in [3.05, 3.63) is 66.0 Å². The SMILES string of the molecule is CN(C)CCN1C(=O)NC(Cc2cccc(F)c2)(C2CCN(C(=O)COc3ccccc3)CC2)C1=O. The number of rotatable bonds is 9. The van der Waals surface area contributed by atoms with Crippen LogP contribution in [0.1, 0.15) is 18.4 Å². The molecule has 0 aromatic heterocycles. The van der Waals surface area contributed by atoms with Gasteiger partial charge < -0.3 is 19.9 Å². The molecule has 0 spiro atoms. The normalized spacial score (nSPS) is 20.7. The number of benzene rings is 2. The molecular formula is C27H33FN4O4. The van der Waals surface area contributed by atoms with Gasteiger partial charge in [-0.15, -0.1) is 0 Å². The minimum Gasteiger partial charge on any atom is -0.484 e. The molecule has 0 bridgehead atoms. The third-order valence-electron chi connectivity index (χ3n) is 6.99. The van der Waals surface area contributed by atoms with Crippen LogP contribution < -0.4 is 10.1 Å². The number of ether oxygens (including phenoxy) is 1. The molecule has 2 heterocycles. The van der Waals surface area contributed by atoms with Crippen molar-refractivity contribution in [2.75, 3.05) is 46.9 Å². The molecule has 1 N–H and O–H groups in total. The van der Waals surface area contributed by atoms with E-state index in [4.69, 9.17) is 4.74 Å². The first kappa shape index (κ1) is 25.6. The Morgan fingerprint density at radius 1 is 1.11 bits per heavy atom. The molecule has 0 radical (unpaired) electrons. The smallest absolute Gasteiger partial charge is 0.325 e. The molecule has 2 fully saturated rings. The summed E-state index contributed by atoms with van der Waals surface area (Å²) in [6.45, 7) is 1.66. The second kappa shape index (κ2) is 11.1. The van der Waals surface area contributed by atoms with Crippen LogP contribution in [0.3, 0.4) is 0 Å². The molecule has 1 unspecified atom stereocenters. The van der Waals surface area contributed by atoms with Crippen LogP contribution in [0.15, 0.2) is 54.6 Å². The minimum absolute atomic E-state index is 0.0584. The van der Waals surface area contributed by atoms with Gasteiger partial charge in [-0.05, 0) is 62.7 Å². The highest BCUT2D eigenvalue weighted by atomic mass is 19.1. The summed E-state index contributed by atoms with van der Waals surface area (Å²) in [5.74, 6) is -0.350. The van der Waals surface area contributed by atoms with Gasteiger partial charge in [0.05, 0.1) is 0 Å². The number of para-hydroxylation sites is 1. The maximum Gasteiger partial charge on any atom is 0.325 e. The van der Waals surface area contributed by atoms with Crippen molar-refractivity contribution in [3.63, 3.8) is 0 Å². The van der Waals surface area contributed by atoms with Gasteiger partial charge in [0, 0.05) is 32.6 Å². The molecule has 0 aliphatic carbocycles. The number of likely N-dealkylation sites (N-methyl/N-ethyl adjacent to an activating group) is 1. The van der Waals surface area contributed by atoms with E-state index in [1.165, 1.54) is 17.0 Å². The zero-order chi connectivity index (χ0) is 25.7. The molecule has 2 aliphatic heterocycles. The van der Waals surface area contributed by atoms with Crippen molar-refractivity contribution in [2.45, 2.75) is 24.8 Å². The van der Waals surface area contributed by atoms with Gasteiger partial charge in [0.2, 0.25) is 0 Å². The summed E-state index contributed by atoms with van der Waals surface area (Å²) < 4.78 is 19.6. The average molecular weight is 497 g/mol. The van der Waals surface area contributed by atoms with Crippen LogP contribution in [0.4, 0.5) is 9.18 Å². The molecule has 2 aromatic carbocycles. The Morgan fingerprint density at radius 3 is 2.50 bits per heavy atom. The van der Waals surface area contributed by atoms with Crippen molar-refractivity contribution < 1.29 is 23.5 Å². The predicted molar refractivity (Wildman–Crippen MR) is 133 cm³/mol. The molecule has 0 saturated carbocycles. The molecule has 4 amide bonds. The first-order valence-electron chi connectivity index (χ1n) is 12.3. The van der Waals surface area contributed by atoms with Gasteiger partial charge in [0.25, 0.3) is 11.8 Å². The van der Waals surface area contributed by atoms with E-state index in [1.54, 1.807) is 29.2 Å². The zero-order valence-electron chi connectivity index (χ0n) is 20.8. The second-order valence-electron chi connectivity index (χ2n) is 9.73. The van der Waals surface area contributed by atoms with Crippen molar-refractivity contribution in [1.29, 1.82) is 0 Å². The number of carbonyl (C=O) groups excluding carboxylic acids is 3. The molecule has 192 valence electrons. The van der Waals surface area contributed by atoms with Crippen LogP contribution >= 0.6 is 0 Å². The van der Waals surface area contributed by atoms with E-state index in [2.05, 4.69) is 5.32 Å². The first-order valence-corrected chi connectivity index (χ1v) is 12.3. The Balaban J connectivity index is 1.47. The topological polar surface area (TPSA) is 82.2 Å². The highest BCUT2D eigenvalue weighted by Crippen LogP contribution is 2.36. The van der Waals surface area contributed by atoms with E-state index in [0.717, 1.165) is 0 Å². The van der Waals surface area contributed by atoms with Gasteiger partial charge in [0.1, 0.15) is 17.1 Å². The first-order chi connectivity index (χ1) is 17.3. The Labute approximate surface area is 211 Å². The van der Waals surface area contributed by atoms with Crippen LogP contribution in [0.2, 0.25) is 0 Å². The summed E-state index contributed by atoms with van der Waals surface area (Å²) >= 11 is 0. The average Bonchev–Trinajstić information content (AvgIpc) is 3.11. The number of halogens is 1. The van der Waals surface area contributed by atoms with E-state index in [9.17, 15) is 18.8 Å². The number of hydrogen-bond acceptors (Lipinski definition) is 5. The maximum atomic E-state index is 14.0. The van der Waals surface area contributed by atoms with Gasteiger partial charge in [-0.3, -0.25) is 14.5 Å². The number of hydrogen-bond donors (Lipinski definition) is 1. The predicted octanol–water partition coefficient (Wildman–Crippen LogP) is 2.54. The Hall–Kier alpha value is -3.46. The Morgan fingerprint density at radius 2 is 1.83 bits per heavy atom. The van der Waals surface area contributed by atoms with Crippen molar-refractivity contribution in [2.24, 2.45) is 5.92 Å². The van der Waals surface area contributed by atoms with E-state index in [0.29, 0.717) is 43.8 Å². The summed E-state index contributed by atoms with van der Waals surface area (Å²) in [5.41, 5.74) is -0.528. The number of likely N-dealkylation sites (tertiary alicyclic amines) is 1. The second-order valence-corrected chi connectivity index (χ2v) is 9.73. The van der Waals surface area contributed by atoms with E-state index < -0.39 is 11.6 Å². The van der Waals surface area contributed by atoms with Crippen LogP contribution in [-0.4, -0.2) is 85.0 Å². The number of urea groups is 1. The van der Waals surface area contributed by atoms with Crippen LogP contribution in [0.25, 0.3) is 0 Å². The monoisotopic (exact) mass is 496 g/mol. The van der Waals surface area contributed by atoms with E-state index >= 15 is 0 Å². The molecule has 2 aromatic rings. The Kier molecular flexibility index (Phi) is 7.88. The summed E-state index contributed by atoms with van der Waals surface area (Å²) in [4.78, 5) is 44.3. The van der Waals surface area contributed by atoms with Gasteiger partial charge in [-0.1, -0.05) is 30.3 Å². The molecule has 4 rings (SSSR count). The molecule has 36 heavy (non-hydrogen) atoms. The van der Waals surface area contributed by atoms with E-state index in [1.807, 2.05) is 37.2 Å². The number of nitrogens with zero attached hydrogens (tertiary/aromatic N) is 3. The quantitative estimate of drug-likeness (QED) is 0.540. The van der Waals surface area contributed by atoms with Crippen LogP contribution in [-0.2, 0) is 16.0 Å². The lowest BCUT2D eigenvalue weighted by Crippen LogP contribution is -2.58. The minimum atomic E-state index is -1.17. The van der Waals surface area contributed by atoms with Gasteiger partial charge >= 0.3 is 6.03 Å². The molecule has 2 saturated heterocycles.